The van der Waals surface area contributed by atoms with Gasteiger partial charge in [0.15, 0.2) is 0 Å². The van der Waals surface area contributed by atoms with Crippen LogP contribution < -0.4 is 0 Å². The minimum absolute atomic E-state index is 0.220. The highest BCUT2D eigenvalue weighted by atomic mass is 35.5. The normalized spacial score (nSPS) is 27.2. The molecule has 0 nitrogen and oxygen atoms in total. The molecule has 0 bridgehead atoms. The monoisotopic (exact) mass is 404 g/mol. The van der Waals surface area contributed by atoms with Gasteiger partial charge in [0.05, 0.1) is 30.3 Å². The van der Waals surface area contributed by atoms with E-state index in [4.69, 9.17) is 58.0 Å². The van der Waals surface area contributed by atoms with E-state index >= 15 is 0 Å². The van der Waals surface area contributed by atoms with E-state index in [1.165, 1.54) is 10.8 Å². The molecule has 2 rings (SSSR count). The molecule has 2 unspecified atom stereocenters. The van der Waals surface area contributed by atoms with Crippen molar-refractivity contribution in [2.45, 2.75) is 21.9 Å². The van der Waals surface area contributed by atoms with E-state index < -0.39 is 4.87 Å². The van der Waals surface area contributed by atoms with Crippen molar-refractivity contribution >= 4 is 79.6 Å². The van der Waals surface area contributed by atoms with Gasteiger partial charge in [-0.25, -0.2) is 0 Å². The molecule has 0 N–H and O–H groups in total. The van der Waals surface area contributed by atoms with Crippen LogP contribution in [0.15, 0.2) is 55.4 Å². The highest BCUT2D eigenvalue weighted by Crippen LogP contribution is 2.55. The van der Waals surface area contributed by atoms with Gasteiger partial charge in [0, 0.05) is 4.90 Å². The fourth-order valence-corrected chi connectivity index (χ4v) is 6.53. The van der Waals surface area contributed by atoms with E-state index in [0.29, 0.717) is 10.1 Å². The molecule has 0 aliphatic heterocycles. The minimum Gasteiger partial charge on any atom is -0.112 e. The van der Waals surface area contributed by atoms with Gasteiger partial charge >= 0.3 is 0 Å². The van der Waals surface area contributed by atoms with Gasteiger partial charge in [-0.1, -0.05) is 86.2 Å². The number of halogens is 5. The summed E-state index contributed by atoms with van der Waals surface area (Å²) in [5.74, 6) is 0. The Labute approximate surface area is 151 Å². The van der Waals surface area contributed by atoms with Crippen LogP contribution in [0.3, 0.4) is 0 Å². The Morgan fingerprint density at radius 2 is 1.60 bits per heavy atom. The summed E-state index contributed by atoms with van der Waals surface area (Å²) in [6, 6.07) is 9.92. The van der Waals surface area contributed by atoms with E-state index in [1.54, 1.807) is 17.7 Å². The van der Waals surface area contributed by atoms with E-state index in [9.17, 15) is 0 Å². The van der Waals surface area contributed by atoms with Gasteiger partial charge in [-0.3, -0.25) is 0 Å². The summed E-state index contributed by atoms with van der Waals surface area (Å²) < 4.78 is 0. The Bertz CT molecular complexity index is 565. The number of hydrogen-bond donors (Lipinski definition) is 0. The largest absolute Gasteiger partial charge is 0.112 e. The van der Waals surface area contributed by atoms with Crippen LogP contribution in [0.5, 0.6) is 0 Å². The van der Waals surface area contributed by atoms with Crippen LogP contribution in [0, 0.1) is 0 Å². The summed E-state index contributed by atoms with van der Waals surface area (Å²) in [6.45, 7) is 1.79. The first kappa shape index (κ1) is 17.2. The van der Waals surface area contributed by atoms with Crippen molar-refractivity contribution in [2.24, 2.45) is 0 Å². The zero-order valence-corrected chi connectivity index (χ0v) is 15.6. The third kappa shape index (κ3) is 3.43. The second kappa shape index (κ2) is 6.95. The molecular formula is C13H9Cl5S2. The molecule has 0 aromatic heterocycles. The molecule has 0 spiro atoms. The van der Waals surface area contributed by atoms with E-state index in [2.05, 4.69) is 0 Å². The number of benzene rings is 1. The summed E-state index contributed by atoms with van der Waals surface area (Å²) in [7, 11) is 3.08. The van der Waals surface area contributed by atoms with Crippen molar-refractivity contribution in [2.75, 3.05) is 0 Å². The molecule has 20 heavy (non-hydrogen) atoms. The number of allylic oxidation sites excluding steroid dienone is 3. The van der Waals surface area contributed by atoms with Crippen LogP contribution in [0.2, 0.25) is 0 Å². The summed E-state index contributed by atoms with van der Waals surface area (Å²) >= 11 is 31.2. The lowest BCUT2D eigenvalue weighted by Gasteiger charge is -2.35. The second-order valence-corrected chi connectivity index (χ2v) is 8.94. The molecule has 1 aliphatic carbocycles. The number of rotatable bonds is 3. The van der Waals surface area contributed by atoms with Gasteiger partial charge in [-0.15, -0.1) is 11.6 Å². The first-order valence-corrected chi connectivity index (χ1v) is 9.64. The average molecular weight is 407 g/mol. The smallest absolute Gasteiger partial charge is 0.0964 e. The van der Waals surface area contributed by atoms with Crippen molar-refractivity contribution in [1.29, 1.82) is 0 Å². The maximum atomic E-state index is 6.52. The predicted molar refractivity (Wildman–Crippen MR) is 95.4 cm³/mol. The van der Waals surface area contributed by atoms with Gasteiger partial charge in [-0.2, -0.15) is 0 Å². The first-order chi connectivity index (χ1) is 9.35. The van der Waals surface area contributed by atoms with Gasteiger partial charge < -0.3 is 0 Å². The molecule has 1 aromatic rings. The average Bonchev–Trinajstić information content (AvgIpc) is 2.44. The quantitative estimate of drug-likeness (QED) is 0.385. The number of hydrogen-bond acceptors (Lipinski definition) is 2. The van der Waals surface area contributed by atoms with Crippen molar-refractivity contribution in [1.82, 2.24) is 0 Å². The highest BCUT2D eigenvalue weighted by molar-refractivity contribution is 8.77. The molecule has 0 amide bonds. The minimum atomic E-state index is -0.888. The van der Waals surface area contributed by atoms with Gasteiger partial charge in [0.1, 0.15) is 0 Å². The fourth-order valence-electron chi connectivity index (χ4n) is 1.60. The lowest BCUT2D eigenvalue weighted by molar-refractivity contribution is 0.773. The van der Waals surface area contributed by atoms with Crippen LogP contribution in [0.25, 0.3) is 0 Å². The first-order valence-electron chi connectivity index (χ1n) is 5.54. The van der Waals surface area contributed by atoms with Crippen LogP contribution in [-0.4, -0.2) is 10.1 Å². The zero-order chi connectivity index (χ0) is 14.9. The van der Waals surface area contributed by atoms with Gasteiger partial charge in [-0.05, 0) is 19.1 Å². The van der Waals surface area contributed by atoms with Crippen molar-refractivity contribution < 1.29 is 0 Å². The summed E-state index contributed by atoms with van der Waals surface area (Å²) in [5, 5.41) is 0.951. The zero-order valence-electron chi connectivity index (χ0n) is 10.2. The van der Waals surface area contributed by atoms with E-state index in [-0.39, 0.29) is 15.3 Å². The molecule has 0 radical (unpaired) electrons. The SMILES string of the molecule is CC1(Cl)C(Cl)=C(Cl)C(Cl)=C(Cl)C1SSc1ccccc1. The second-order valence-electron chi connectivity index (χ2n) is 4.24. The van der Waals surface area contributed by atoms with Crippen LogP contribution in [-0.2, 0) is 0 Å². The van der Waals surface area contributed by atoms with E-state index in [0.717, 1.165) is 4.90 Å². The molecule has 0 heterocycles. The Hall–Kier alpha value is 0.850. The highest BCUT2D eigenvalue weighted by Gasteiger charge is 2.44. The third-order valence-corrected chi connectivity index (χ3v) is 8.45. The molecule has 1 aromatic carbocycles. The molecule has 0 saturated carbocycles. The summed E-state index contributed by atoms with van der Waals surface area (Å²) in [4.78, 5) is 0.211. The molecule has 0 fully saturated rings. The van der Waals surface area contributed by atoms with Crippen molar-refractivity contribution in [3.63, 3.8) is 0 Å². The molecule has 0 saturated heterocycles. The maximum Gasteiger partial charge on any atom is 0.0964 e. The van der Waals surface area contributed by atoms with Crippen molar-refractivity contribution in [3.05, 3.63) is 50.5 Å². The third-order valence-electron chi connectivity index (χ3n) is 2.73. The molecular weight excluding hydrogens is 398 g/mol. The summed E-state index contributed by atoms with van der Waals surface area (Å²) in [6.07, 6.45) is 0. The standard InChI is InChI=1S/C13H9Cl5S2/c1-13(18)11(17)9(15)8(14)10(16)12(13)20-19-7-5-3-2-4-6-7/h2-6,12H,1H3. The molecule has 2 atom stereocenters. The van der Waals surface area contributed by atoms with Crippen LogP contribution >= 0.6 is 79.6 Å². The maximum absolute atomic E-state index is 6.52. The fraction of sp³-hybridized carbons (Fsp3) is 0.231. The summed E-state index contributed by atoms with van der Waals surface area (Å²) in [5.41, 5.74) is 0. The Kier molecular flexibility index (Phi) is 5.98. The van der Waals surface area contributed by atoms with E-state index in [1.807, 2.05) is 30.3 Å². The van der Waals surface area contributed by atoms with Crippen LogP contribution in [0.4, 0.5) is 0 Å². The topological polar surface area (TPSA) is 0 Å². The number of alkyl halides is 1. The Balaban J connectivity index is 2.23. The van der Waals surface area contributed by atoms with Gasteiger partial charge in [0.25, 0.3) is 0 Å². The Morgan fingerprint density at radius 1 is 1.00 bits per heavy atom. The predicted octanol–water partition coefficient (Wildman–Crippen LogP) is 7.19. The molecule has 7 heteroatoms. The molecule has 1 aliphatic rings. The molecule has 108 valence electrons. The lowest BCUT2D eigenvalue weighted by Crippen LogP contribution is -2.35. The van der Waals surface area contributed by atoms with Crippen molar-refractivity contribution in [3.8, 4) is 0 Å². The van der Waals surface area contributed by atoms with Gasteiger partial charge in [0.2, 0.25) is 0 Å². The van der Waals surface area contributed by atoms with Crippen LogP contribution in [0.1, 0.15) is 6.92 Å². The lowest BCUT2D eigenvalue weighted by atomic mass is 10.0. The Morgan fingerprint density at radius 3 is 2.20 bits per heavy atom.